The summed E-state index contributed by atoms with van der Waals surface area (Å²) >= 11 is 3.53. The summed E-state index contributed by atoms with van der Waals surface area (Å²) in [4.78, 5) is 0. The first kappa shape index (κ1) is 13.1. The van der Waals surface area contributed by atoms with Gasteiger partial charge in [-0.1, -0.05) is 28.1 Å². The van der Waals surface area contributed by atoms with Gasteiger partial charge in [0.15, 0.2) is 0 Å². The Bertz CT molecular complexity index is 393. The zero-order chi connectivity index (χ0) is 12.5. The van der Waals surface area contributed by atoms with Crippen LogP contribution in [0.4, 0.5) is 0 Å². The molecule has 1 aromatic rings. The summed E-state index contributed by atoms with van der Waals surface area (Å²) in [7, 11) is 0. The fraction of sp³-hybridized carbons (Fsp3) is 0.571. The highest BCUT2D eigenvalue weighted by atomic mass is 79.9. The van der Waals surface area contributed by atoms with Gasteiger partial charge in [-0.15, -0.1) is 0 Å². The van der Waals surface area contributed by atoms with Crippen molar-refractivity contribution in [3.8, 4) is 0 Å². The van der Waals surface area contributed by atoms with E-state index in [0.29, 0.717) is 6.10 Å². The van der Waals surface area contributed by atoms with Crippen molar-refractivity contribution in [2.24, 2.45) is 0 Å². The summed E-state index contributed by atoms with van der Waals surface area (Å²) in [6.07, 6.45) is 1.28. The van der Waals surface area contributed by atoms with Crippen LogP contribution in [0, 0.1) is 6.92 Å². The van der Waals surface area contributed by atoms with Crippen molar-refractivity contribution in [3.63, 3.8) is 0 Å². The fourth-order valence-corrected chi connectivity index (χ4v) is 2.30. The van der Waals surface area contributed by atoms with Gasteiger partial charge in [0.1, 0.15) is 0 Å². The molecule has 0 saturated carbocycles. The first-order valence-corrected chi connectivity index (χ1v) is 6.87. The summed E-state index contributed by atoms with van der Waals surface area (Å²) in [5, 5.41) is 3.52. The molecule has 0 radical (unpaired) electrons. The number of benzene rings is 1. The van der Waals surface area contributed by atoms with E-state index >= 15 is 0 Å². The maximum atomic E-state index is 5.89. The third-order valence-electron chi connectivity index (χ3n) is 3.17. The monoisotopic (exact) mass is 297 g/mol. The number of hydrogen-bond acceptors (Lipinski definition) is 2. The maximum Gasteiger partial charge on any atom is 0.0740 e. The second kappa shape index (κ2) is 5.09. The molecule has 2 rings (SSSR count). The predicted octanol–water partition coefficient (Wildman–Crippen LogP) is 3.07. The van der Waals surface area contributed by atoms with Crippen molar-refractivity contribution in [3.05, 3.63) is 33.8 Å². The summed E-state index contributed by atoms with van der Waals surface area (Å²) in [5.74, 6) is 0. The highest BCUT2D eigenvalue weighted by Gasteiger charge is 2.26. The molecule has 1 saturated heterocycles. The SMILES string of the molecule is Cc1cc(CC2CNC(C)(C)CO2)ccc1Br. The molecule has 3 heteroatoms. The number of morpholine rings is 1. The van der Waals surface area contributed by atoms with Gasteiger partial charge in [0.2, 0.25) is 0 Å². The molecule has 1 unspecified atom stereocenters. The van der Waals surface area contributed by atoms with Crippen molar-refractivity contribution in [1.29, 1.82) is 0 Å². The van der Waals surface area contributed by atoms with Crippen LogP contribution < -0.4 is 5.32 Å². The predicted molar refractivity (Wildman–Crippen MR) is 74.4 cm³/mol. The van der Waals surface area contributed by atoms with Crippen molar-refractivity contribution < 1.29 is 4.74 Å². The van der Waals surface area contributed by atoms with Crippen LogP contribution >= 0.6 is 15.9 Å². The normalized spacial score (nSPS) is 23.6. The molecule has 0 amide bonds. The van der Waals surface area contributed by atoms with Crippen LogP contribution in [0.3, 0.4) is 0 Å². The minimum Gasteiger partial charge on any atom is -0.375 e. The molecule has 0 spiro atoms. The number of nitrogens with one attached hydrogen (secondary N) is 1. The Kier molecular flexibility index (Phi) is 3.91. The Morgan fingerprint density at radius 3 is 2.82 bits per heavy atom. The lowest BCUT2D eigenvalue weighted by atomic mass is 10.0. The van der Waals surface area contributed by atoms with Crippen LogP contribution in [0.25, 0.3) is 0 Å². The van der Waals surface area contributed by atoms with Crippen LogP contribution in [-0.4, -0.2) is 24.8 Å². The Hall–Kier alpha value is -0.380. The van der Waals surface area contributed by atoms with Crippen LogP contribution in [0.15, 0.2) is 22.7 Å². The average Bonchev–Trinajstić information content (AvgIpc) is 2.27. The Balaban J connectivity index is 1.95. The third kappa shape index (κ3) is 3.54. The summed E-state index contributed by atoms with van der Waals surface area (Å²) in [6.45, 7) is 8.19. The lowest BCUT2D eigenvalue weighted by molar-refractivity contribution is -0.0206. The molecule has 1 atom stereocenters. The number of ether oxygens (including phenoxy) is 1. The number of halogens is 1. The zero-order valence-corrected chi connectivity index (χ0v) is 12.3. The molecule has 1 aliphatic heterocycles. The summed E-state index contributed by atoms with van der Waals surface area (Å²) in [5.41, 5.74) is 2.75. The Labute approximate surface area is 112 Å². The molecule has 1 aliphatic rings. The Morgan fingerprint density at radius 1 is 1.47 bits per heavy atom. The maximum absolute atomic E-state index is 5.89. The van der Waals surface area contributed by atoms with Gasteiger partial charge in [0.25, 0.3) is 0 Å². The average molecular weight is 298 g/mol. The van der Waals surface area contributed by atoms with Gasteiger partial charge in [-0.2, -0.15) is 0 Å². The number of hydrogen-bond donors (Lipinski definition) is 1. The minimum absolute atomic E-state index is 0.117. The lowest BCUT2D eigenvalue weighted by Gasteiger charge is -2.36. The van der Waals surface area contributed by atoms with E-state index in [1.807, 2.05) is 0 Å². The van der Waals surface area contributed by atoms with E-state index in [1.165, 1.54) is 15.6 Å². The van der Waals surface area contributed by atoms with E-state index in [-0.39, 0.29) is 5.54 Å². The minimum atomic E-state index is 0.117. The van der Waals surface area contributed by atoms with E-state index < -0.39 is 0 Å². The van der Waals surface area contributed by atoms with E-state index in [0.717, 1.165) is 19.6 Å². The van der Waals surface area contributed by atoms with Crippen molar-refractivity contribution in [2.45, 2.75) is 38.8 Å². The molecule has 0 aliphatic carbocycles. The summed E-state index contributed by atoms with van der Waals surface area (Å²) < 4.78 is 7.06. The Morgan fingerprint density at radius 2 is 2.24 bits per heavy atom. The molecule has 1 fully saturated rings. The molecular weight excluding hydrogens is 278 g/mol. The third-order valence-corrected chi connectivity index (χ3v) is 4.06. The quantitative estimate of drug-likeness (QED) is 0.906. The molecule has 0 bridgehead atoms. The number of rotatable bonds is 2. The van der Waals surface area contributed by atoms with Gasteiger partial charge in [-0.25, -0.2) is 0 Å². The van der Waals surface area contributed by atoms with Gasteiger partial charge >= 0.3 is 0 Å². The second-order valence-corrected chi connectivity index (χ2v) is 6.34. The van der Waals surface area contributed by atoms with E-state index in [9.17, 15) is 0 Å². The molecular formula is C14H20BrNO. The molecule has 2 nitrogen and oxygen atoms in total. The molecule has 1 aromatic carbocycles. The van der Waals surface area contributed by atoms with Crippen molar-refractivity contribution in [2.75, 3.05) is 13.2 Å². The first-order valence-electron chi connectivity index (χ1n) is 6.08. The molecule has 17 heavy (non-hydrogen) atoms. The first-order chi connectivity index (χ1) is 7.96. The number of aryl methyl sites for hydroxylation is 1. The van der Waals surface area contributed by atoms with Crippen molar-refractivity contribution >= 4 is 15.9 Å². The smallest absolute Gasteiger partial charge is 0.0740 e. The van der Waals surface area contributed by atoms with Crippen LogP contribution in [0.2, 0.25) is 0 Å². The molecule has 0 aromatic heterocycles. The summed E-state index contributed by atoms with van der Waals surface area (Å²) in [6, 6.07) is 6.51. The van der Waals surface area contributed by atoms with Gasteiger partial charge in [-0.3, -0.25) is 0 Å². The van der Waals surface area contributed by atoms with Crippen LogP contribution in [0.1, 0.15) is 25.0 Å². The lowest BCUT2D eigenvalue weighted by Crippen LogP contribution is -2.53. The highest BCUT2D eigenvalue weighted by molar-refractivity contribution is 9.10. The van der Waals surface area contributed by atoms with Crippen molar-refractivity contribution in [1.82, 2.24) is 5.32 Å². The highest BCUT2D eigenvalue weighted by Crippen LogP contribution is 2.20. The van der Waals surface area contributed by atoms with Gasteiger partial charge in [0, 0.05) is 16.6 Å². The van der Waals surface area contributed by atoms with E-state index in [4.69, 9.17) is 4.74 Å². The topological polar surface area (TPSA) is 21.3 Å². The molecule has 1 N–H and O–H groups in total. The largest absolute Gasteiger partial charge is 0.375 e. The van der Waals surface area contributed by atoms with E-state index in [2.05, 4.69) is 60.2 Å². The van der Waals surface area contributed by atoms with Gasteiger partial charge in [-0.05, 0) is 44.4 Å². The molecule has 94 valence electrons. The molecule has 1 heterocycles. The standard InChI is InChI=1S/C14H20BrNO/c1-10-6-11(4-5-13(10)15)7-12-8-16-14(2,3)9-17-12/h4-6,12,16H,7-9H2,1-3H3. The second-order valence-electron chi connectivity index (χ2n) is 5.49. The van der Waals surface area contributed by atoms with Crippen LogP contribution in [-0.2, 0) is 11.2 Å². The van der Waals surface area contributed by atoms with Crippen LogP contribution in [0.5, 0.6) is 0 Å². The van der Waals surface area contributed by atoms with Gasteiger partial charge < -0.3 is 10.1 Å². The zero-order valence-electron chi connectivity index (χ0n) is 10.7. The van der Waals surface area contributed by atoms with Gasteiger partial charge in [0.05, 0.1) is 12.7 Å². The fourth-order valence-electron chi connectivity index (χ4n) is 2.05. The van der Waals surface area contributed by atoms with E-state index in [1.54, 1.807) is 0 Å².